The first-order valence-electron chi connectivity index (χ1n) is 8.09. The Labute approximate surface area is 160 Å². The third-order valence-electron chi connectivity index (χ3n) is 3.65. The van der Waals surface area contributed by atoms with Crippen molar-refractivity contribution < 1.29 is 13.9 Å². The van der Waals surface area contributed by atoms with Crippen LogP contribution in [0.1, 0.15) is 12.5 Å². The van der Waals surface area contributed by atoms with Crippen molar-refractivity contribution in [1.82, 2.24) is 14.8 Å². The van der Waals surface area contributed by atoms with Crippen molar-refractivity contribution in [3.05, 3.63) is 48.2 Å². The maximum atomic E-state index is 12.0. The van der Waals surface area contributed by atoms with Gasteiger partial charge in [0.05, 0.1) is 12.0 Å². The molecule has 0 amide bonds. The molecule has 0 aliphatic rings. The number of esters is 1. The van der Waals surface area contributed by atoms with Crippen LogP contribution in [0.2, 0.25) is 0 Å². The zero-order valence-electron chi connectivity index (χ0n) is 14.5. The van der Waals surface area contributed by atoms with Gasteiger partial charge in [-0.15, -0.1) is 22.0 Å². The van der Waals surface area contributed by atoms with E-state index >= 15 is 0 Å². The molecule has 8 heteroatoms. The van der Waals surface area contributed by atoms with Gasteiger partial charge in [-0.3, -0.25) is 9.36 Å². The molecule has 0 spiro atoms. The minimum atomic E-state index is -0.283. The Morgan fingerprint density at radius 1 is 1.23 bits per heavy atom. The second-order valence-electron chi connectivity index (χ2n) is 5.33. The SMILES string of the molecule is CCn1c(SCC(=O)OCc2ccc(SC)cc2)nnc1-c1ccco1. The van der Waals surface area contributed by atoms with E-state index in [1.807, 2.05) is 48.1 Å². The molecule has 0 unspecified atom stereocenters. The number of carbonyl (C=O) groups excluding carboxylic acids is 1. The molecule has 3 aromatic rings. The molecule has 0 N–H and O–H groups in total. The van der Waals surface area contributed by atoms with Crippen LogP contribution >= 0.6 is 23.5 Å². The smallest absolute Gasteiger partial charge is 0.316 e. The normalized spacial score (nSPS) is 10.8. The fourth-order valence-electron chi connectivity index (χ4n) is 2.32. The summed E-state index contributed by atoms with van der Waals surface area (Å²) in [7, 11) is 0. The summed E-state index contributed by atoms with van der Waals surface area (Å²) < 4.78 is 12.6. The van der Waals surface area contributed by atoms with Gasteiger partial charge in [0.15, 0.2) is 16.7 Å². The van der Waals surface area contributed by atoms with Gasteiger partial charge < -0.3 is 9.15 Å². The largest absolute Gasteiger partial charge is 0.461 e. The zero-order chi connectivity index (χ0) is 18.4. The summed E-state index contributed by atoms with van der Waals surface area (Å²) in [5.41, 5.74) is 0.970. The fraction of sp³-hybridized carbons (Fsp3) is 0.278. The Kier molecular flexibility index (Phi) is 6.40. The van der Waals surface area contributed by atoms with E-state index in [9.17, 15) is 4.79 Å². The van der Waals surface area contributed by atoms with Crippen molar-refractivity contribution in [3.8, 4) is 11.6 Å². The molecule has 0 saturated carbocycles. The van der Waals surface area contributed by atoms with Gasteiger partial charge >= 0.3 is 5.97 Å². The summed E-state index contributed by atoms with van der Waals surface area (Å²) in [5.74, 6) is 1.21. The lowest BCUT2D eigenvalue weighted by molar-refractivity contribution is -0.141. The topological polar surface area (TPSA) is 70.2 Å². The second-order valence-corrected chi connectivity index (χ2v) is 7.15. The highest BCUT2D eigenvalue weighted by atomic mass is 32.2. The number of ether oxygens (including phenoxy) is 1. The average molecular weight is 390 g/mol. The first-order chi connectivity index (χ1) is 12.7. The predicted octanol–water partition coefficient (Wildman–Crippen LogP) is 4.12. The van der Waals surface area contributed by atoms with E-state index < -0.39 is 0 Å². The molecule has 6 nitrogen and oxygen atoms in total. The summed E-state index contributed by atoms with van der Waals surface area (Å²) in [6.07, 6.45) is 3.62. The minimum absolute atomic E-state index is 0.180. The van der Waals surface area contributed by atoms with E-state index in [2.05, 4.69) is 10.2 Å². The molecule has 0 aliphatic heterocycles. The third-order valence-corrected chi connectivity index (χ3v) is 5.34. The standard InChI is InChI=1S/C18H19N3O3S2/c1-3-21-17(15-5-4-10-23-15)19-20-18(21)26-12-16(22)24-11-13-6-8-14(25-2)9-7-13/h4-10H,3,11-12H2,1-2H3. The van der Waals surface area contributed by atoms with E-state index in [1.165, 1.54) is 16.7 Å². The predicted molar refractivity (Wildman–Crippen MR) is 102 cm³/mol. The lowest BCUT2D eigenvalue weighted by Gasteiger charge is -2.07. The van der Waals surface area contributed by atoms with E-state index in [1.54, 1.807) is 24.1 Å². The van der Waals surface area contributed by atoms with Crippen LogP contribution in [0.25, 0.3) is 11.6 Å². The average Bonchev–Trinajstić information content (AvgIpc) is 3.34. The van der Waals surface area contributed by atoms with Gasteiger partial charge in [-0.2, -0.15) is 0 Å². The molecule has 2 heterocycles. The molecule has 0 fully saturated rings. The lowest BCUT2D eigenvalue weighted by atomic mass is 10.2. The maximum Gasteiger partial charge on any atom is 0.316 e. The second kappa shape index (κ2) is 8.95. The van der Waals surface area contributed by atoms with Gasteiger partial charge in [0.1, 0.15) is 6.61 Å². The molecule has 0 atom stereocenters. The molecule has 0 saturated heterocycles. The maximum absolute atomic E-state index is 12.0. The van der Waals surface area contributed by atoms with Gasteiger partial charge in [-0.25, -0.2) is 0 Å². The monoisotopic (exact) mass is 389 g/mol. The molecule has 1 aromatic carbocycles. The quantitative estimate of drug-likeness (QED) is 0.424. The molecular formula is C18H19N3O3S2. The molecule has 0 bridgehead atoms. The van der Waals surface area contributed by atoms with E-state index in [4.69, 9.17) is 9.15 Å². The van der Waals surface area contributed by atoms with E-state index in [0.29, 0.717) is 23.3 Å². The molecule has 0 aliphatic carbocycles. The summed E-state index contributed by atoms with van der Waals surface area (Å²) in [6.45, 7) is 2.95. The lowest BCUT2D eigenvalue weighted by Crippen LogP contribution is -2.08. The van der Waals surface area contributed by atoms with Crippen molar-refractivity contribution in [3.63, 3.8) is 0 Å². The minimum Gasteiger partial charge on any atom is -0.461 e. The summed E-state index contributed by atoms with van der Waals surface area (Å²) >= 11 is 2.99. The van der Waals surface area contributed by atoms with Crippen molar-refractivity contribution >= 4 is 29.5 Å². The van der Waals surface area contributed by atoms with Gasteiger partial charge in [0, 0.05) is 11.4 Å². The summed E-state index contributed by atoms with van der Waals surface area (Å²) in [5, 5.41) is 8.99. The van der Waals surface area contributed by atoms with Crippen LogP contribution < -0.4 is 0 Å². The van der Waals surface area contributed by atoms with E-state index in [-0.39, 0.29) is 18.3 Å². The van der Waals surface area contributed by atoms with Crippen molar-refractivity contribution in [1.29, 1.82) is 0 Å². The van der Waals surface area contributed by atoms with Crippen molar-refractivity contribution in [2.45, 2.75) is 30.1 Å². The fourth-order valence-corrected chi connectivity index (χ4v) is 3.53. The highest BCUT2D eigenvalue weighted by Gasteiger charge is 2.16. The van der Waals surface area contributed by atoms with Crippen LogP contribution in [-0.2, 0) is 22.7 Å². The molecule has 26 heavy (non-hydrogen) atoms. The molecule has 136 valence electrons. The van der Waals surface area contributed by atoms with Gasteiger partial charge in [0.25, 0.3) is 0 Å². The first-order valence-corrected chi connectivity index (χ1v) is 10.3. The van der Waals surface area contributed by atoms with Crippen LogP contribution in [0.3, 0.4) is 0 Å². The van der Waals surface area contributed by atoms with Crippen LogP contribution in [0.15, 0.2) is 57.1 Å². The van der Waals surface area contributed by atoms with Gasteiger partial charge in [-0.1, -0.05) is 23.9 Å². The molecular weight excluding hydrogens is 370 g/mol. The number of rotatable bonds is 8. The number of hydrogen-bond acceptors (Lipinski definition) is 7. The Bertz CT molecular complexity index is 845. The van der Waals surface area contributed by atoms with Gasteiger partial charge in [-0.05, 0) is 43.0 Å². The highest BCUT2D eigenvalue weighted by molar-refractivity contribution is 7.99. The summed E-state index contributed by atoms with van der Waals surface area (Å²) in [4.78, 5) is 13.2. The molecule has 2 aromatic heterocycles. The van der Waals surface area contributed by atoms with Gasteiger partial charge in [0.2, 0.25) is 0 Å². The number of benzene rings is 1. The molecule has 3 rings (SSSR count). The van der Waals surface area contributed by atoms with Crippen LogP contribution in [0.5, 0.6) is 0 Å². The van der Waals surface area contributed by atoms with Crippen LogP contribution in [-0.4, -0.2) is 32.7 Å². The first kappa shape index (κ1) is 18.6. The highest BCUT2D eigenvalue weighted by Crippen LogP contribution is 2.24. The number of carbonyl (C=O) groups is 1. The third kappa shape index (κ3) is 4.50. The Morgan fingerprint density at radius 3 is 2.69 bits per heavy atom. The van der Waals surface area contributed by atoms with Crippen molar-refractivity contribution in [2.75, 3.05) is 12.0 Å². The Morgan fingerprint density at radius 2 is 2.04 bits per heavy atom. The number of nitrogens with zero attached hydrogens (tertiary/aromatic N) is 3. The number of hydrogen-bond donors (Lipinski definition) is 0. The number of thioether (sulfide) groups is 2. The van der Waals surface area contributed by atoms with Crippen LogP contribution in [0, 0.1) is 0 Å². The number of furan rings is 1. The number of aromatic nitrogens is 3. The zero-order valence-corrected chi connectivity index (χ0v) is 16.2. The van der Waals surface area contributed by atoms with Crippen molar-refractivity contribution in [2.24, 2.45) is 0 Å². The Balaban J connectivity index is 1.54. The van der Waals surface area contributed by atoms with E-state index in [0.717, 1.165) is 5.56 Å². The Hall–Kier alpha value is -2.19. The van der Waals surface area contributed by atoms with Crippen LogP contribution in [0.4, 0.5) is 0 Å². The summed E-state index contributed by atoms with van der Waals surface area (Å²) in [6, 6.07) is 11.6. The molecule has 0 radical (unpaired) electrons.